The van der Waals surface area contributed by atoms with Gasteiger partial charge in [0.1, 0.15) is 0 Å². The number of rotatable bonds is 4. The third-order valence-corrected chi connectivity index (χ3v) is 10.5. The highest BCUT2D eigenvalue weighted by molar-refractivity contribution is 9.12. The molecule has 0 bridgehead atoms. The number of amides is 2. The van der Waals surface area contributed by atoms with Gasteiger partial charge in [-0.1, -0.05) is 27.6 Å². The molecule has 2 amide bonds. The van der Waals surface area contributed by atoms with Crippen molar-refractivity contribution in [1.82, 2.24) is 0 Å². The zero-order chi connectivity index (χ0) is 30.9. The van der Waals surface area contributed by atoms with Gasteiger partial charge < -0.3 is 19.5 Å². The fraction of sp³-hybridized carbons (Fsp3) is 0.333. The molecule has 0 saturated carbocycles. The molecule has 0 spiro atoms. The van der Waals surface area contributed by atoms with E-state index >= 15 is 0 Å². The Morgan fingerprint density at radius 2 is 1.66 bits per heavy atom. The lowest BCUT2D eigenvalue weighted by Gasteiger charge is -2.42. The monoisotopic (exact) mass is 722 g/mol. The van der Waals surface area contributed by atoms with Gasteiger partial charge in [-0.2, -0.15) is 0 Å². The van der Waals surface area contributed by atoms with Crippen LogP contribution in [0.5, 0.6) is 11.5 Å². The molecule has 3 aliphatic carbocycles. The highest BCUT2D eigenvalue weighted by Gasteiger charge is 2.57. The quantitative estimate of drug-likeness (QED) is 0.268. The van der Waals surface area contributed by atoms with Crippen molar-refractivity contribution in [1.29, 1.82) is 0 Å². The number of carbonyl (C=O) groups excluding carboxylic acids is 4. The number of nitrogens with zero attached hydrogens (tertiary/aromatic N) is 2. The van der Waals surface area contributed by atoms with E-state index in [1.54, 1.807) is 24.3 Å². The minimum atomic E-state index is -0.797. The number of hydrogen-bond acceptors (Lipinski definition) is 8. The zero-order valence-electron chi connectivity index (χ0n) is 23.7. The van der Waals surface area contributed by atoms with Crippen molar-refractivity contribution < 1.29 is 33.8 Å². The standard InChI is InChI=1S/C33H28Br2N2O7/c1-43-26-13-16(34)12-22(31(26)40)27-19-6-7-20-28(21(19)14-23-29(27)25(38)15-24(35)30(23)39)33(42)37(32(20)41)18-4-2-17(3-5-18)36-8-10-44-11-9-36/h2-6,12-13,15,20-21,27-28,40H,7-11,14H2,1H3/t20-,21+,27+,28-/m0/s1. The van der Waals surface area contributed by atoms with E-state index in [2.05, 4.69) is 36.8 Å². The van der Waals surface area contributed by atoms with Crippen LogP contribution in [0.1, 0.15) is 24.3 Å². The number of Topliss-reactive ketones (excluding diaryl/α,β-unsaturated/α-hetero) is 1. The molecule has 2 fully saturated rings. The van der Waals surface area contributed by atoms with E-state index in [1.807, 2.05) is 18.2 Å². The largest absolute Gasteiger partial charge is 0.504 e. The number of anilines is 2. The first-order chi connectivity index (χ1) is 21.2. The molecule has 5 aliphatic rings. The number of allylic oxidation sites excluding steroid dienone is 6. The second-order valence-corrected chi connectivity index (χ2v) is 13.3. The Bertz CT molecular complexity index is 1720. The van der Waals surface area contributed by atoms with Gasteiger partial charge in [-0.15, -0.1) is 0 Å². The summed E-state index contributed by atoms with van der Waals surface area (Å²) in [6, 6.07) is 10.8. The first-order valence-corrected chi connectivity index (χ1v) is 16.0. The molecule has 2 saturated heterocycles. The third-order valence-electron chi connectivity index (χ3n) is 9.42. The van der Waals surface area contributed by atoms with E-state index in [0.717, 1.165) is 24.4 Å². The number of imide groups is 1. The van der Waals surface area contributed by atoms with E-state index in [1.165, 1.54) is 18.1 Å². The molecule has 2 heterocycles. The molecule has 2 aliphatic heterocycles. The van der Waals surface area contributed by atoms with Crippen LogP contribution in [0.3, 0.4) is 0 Å². The Morgan fingerprint density at radius 3 is 2.36 bits per heavy atom. The Kier molecular flexibility index (Phi) is 7.37. The van der Waals surface area contributed by atoms with Crippen LogP contribution >= 0.6 is 31.9 Å². The lowest BCUT2D eigenvalue weighted by Crippen LogP contribution is -2.39. The van der Waals surface area contributed by atoms with Crippen LogP contribution in [0.25, 0.3) is 0 Å². The third kappa shape index (κ3) is 4.50. The van der Waals surface area contributed by atoms with Gasteiger partial charge >= 0.3 is 0 Å². The van der Waals surface area contributed by atoms with Crippen LogP contribution in [-0.4, -0.2) is 61.9 Å². The summed E-state index contributed by atoms with van der Waals surface area (Å²) in [5.74, 6) is -3.85. The SMILES string of the molecule is COc1cc(Br)cc([C@H]2C3=CC[C@@H]4C(=O)N(c5ccc(N6CCOCC6)cc5)C(=O)[C@@H]4[C@@H]3CC3=C2C(=O)C=C(Br)C3=O)c1O. The normalized spacial score (nSPS) is 26.7. The van der Waals surface area contributed by atoms with Crippen LogP contribution in [0.4, 0.5) is 11.4 Å². The Morgan fingerprint density at radius 1 is 0.955 bits per heavy atom. The van der Waals surface area contributed by atoms with Crippen molar-refractivity contribution in [2.75, 3.05) is 43.2 Å². The predicted molar refractivity (Wildman–Crippen MR) is 169 cm³/mol. The summed E-state index contributed by atoms with van der Waals surface area (Å²) in [6.45, 7) is 2.84. The molecule has 2 aromatic carbocycles. The summed E-state index contributed by atoms with van der Waals surface area (Å²) in [6.07, 6.45) is 3.63. The zero-order valence-corrected chi connectivity index (χ0v) is 26.9. The number of benzene rings is 2. The molecule has 0 radical (unpaired) electrons. The molecule has 9 nitrogen and oxygen atoms in total. The Balaban J connectivity index is 1.29. The van der Waals surface area contributed by atoms with E-state index in [4.69, 9.17) is 9.47 Å². The lowest BCUT2D eigenvalue weighted by molar-refractivity contribution is -0.123. The highest BCUT2D eigenvalue weighted by atomic mass is 79.9. The number of halogens is 2. The maximum Gasteiger partial charge on any atom is 0.238 e. The minimum Gasteiger partial charge on any atom is -0.504 e. The number of phenolic OH excluding ortho intramolecular Hbond substituents is 1. The number of ether oxygens (including phenoxy) is 2. The van der Waals surface area contributed by atoms with Crippen LogP contribution in [0.2, 0.25) is 0 Å². The van der Waals surface area contributed by atoms with Crippen molar-refractivity contribution in [2.24, 2.45) is 17.8 Å². The van der Waals surface area contributed by atoms with Gasteiger partial charge in [0.25, 0.3) is 0 Å². The Labute approximate surface area is 270 Å². The number of carbonyl (C=O) groups is 4. The molecule has 226 valence electrons. The van der Waals surface area contributed by atoms with Crippen LogP contribution in [0.15, 0.2) is 74.2 Å². The van der Waals surface area contributed by atoms with E-state index in [9.17, 15) is 24.3 Å². The number of hydrogen-bond donors (Lipinski definition) is 1. The number of phenols is 1. The van der Waals surface area contributed by atoms with Crippen molar-refractivity contribution in [2.45, 2.75) is 18.8 Å². The van der Waals surface area contributed by atoms with Gasteiger partial charge in [0, 0.05) is 52.0 Å². The van der Waals surface area contributed by atoms with E-state index in [-0.39, 0.29) is 51.4 Å². The maximum absolute atomic E-state index is 14.2. The number of fused-ring (bicyclic) bond motifs is 3. The first-order valence-electron chi connectivity index (χ1n) is 14.5. The summed E-state index contributed by atoms with van der Waals surface area (Å²) in [4.78, 5) is 58.5. The van der Waals surface area contributed by atoms with Crippen LogP contribution in [0, 0.1) is 17.8 Å². The molecule has 1 N–H and O–H groups in total. The first kappa shape index (κ1) is 29.2. The van der Waals surface area contributed by atoms with Crippen molar-refractivity contribution >= 4 is 66.6 Å². The number of methoxy groups -OCH3 is 1. The van der Waals surface area contributed by atoms with Gasteiger partial charge in [-0.25, -0.2) is 0 Å². The van der Waals surface area contributed by atoms with E-state index < -0.39 is 23.7 Å². The summed E-state index contributed by atoms with van der Waals surface area (Å²) in [5, 5.41) is 11.3. The summed E-state index contributed by atoms with van der Waals surface area (Å²) in [5.41, 5.74) is 3.21. The maximum atomic E-state index is 14.2. The van der Waals surface area contributed by atoms with Gasteiger partial charge in [0.15, 0.2) is 23.1 Å². The van der Waals surface area contributed by atoms with Crippen molar-refractivity contribution in [3.8, 4) is 11.5 Å². The molecular formula is C33H28Br2N2O7. The average molecular weight is 724 g/mol. The van der Waals surface area contributed by atoms with Gasteiger partial charge in [-0.3, -0.25) is 24.1 Å². The lowest BCUT2D eigenvalue weighted by atomic mass is 9.59. The number of ketones is 2. The second-order valence-electron chi connectivity index (χ2n) is 11.6. The molecular weight excluding hydrogens is 696 g/mol. The predicted octanol–water partition coefficient (Wildman–Crippen LogP) is 4.97. The molecule has 11 heteroatoms. The second kappa shape index (κ2) is 11.1. The summed E-state index contributed by atoms with van der Waals surface area (Å²) in [7, 11) is 1.43. The van der Waals surface area contributed by atoms with Gasteiger partial charge in [-0.05, 0) is 71.1 Å². The number of morpholine rings is 1. The average Bonchev–Trinajstić information content (AvgIpc) is 3.29. The molecule has 7 rings (SSSR count). The topological polar surface area (TPSA) is 113 Å². The summed E-state index contributed by atoms with van der Waals surface area (Å²) < 4.78 is 11.6. The Hall–Kier alpha value is -3.54. The molecule has 4 atom stereocenters. The highest BCUT2D eigenvalue weighted by Crippen LogP contribution is 2.57. The van der Waals surface area contributed by atoms with Crippen LogP contribution < -0.4 is 14.5 Å². The number of aromatic hydroxyl groups is 1. The van der Waals surface area contributed by atoms with Gasteiger partial charge in [0.2, 0.25) is 11.8 Å². The van der Waals surface area contributed by atoms with E-state index in [0.29, 0.717) is 40.9 Å². The fourth-order valence-corrected chi connectivity index (χ4v) is 8.32. The minimum absolute atomic E-state index is 0.140. The smallest absolute Gasteiger partial charge is 0.238 e. The molecule has 44 heavy (non-hydrogen) atoms. The molecule has 2 aromatic rings. The molecule has 0 aromatic heterocycles. The van der Waals surface area contributed by atoms with Gasteiger partial charge in [0.05, 0.1) is 42.3 Å². The summed E-state index contributed by atoms with van der Waals surface area (Å²) >= 11 is 6.73. The fourth-order valence-electron chi connectivity index (χ4n) is 7.42. The van der Waals surface area contributed by atoms with Crippen molar-refractivity contribution in [3.63, 3.8) is 0 Å². The van der Waals surface area contributed by atoms with Crippen LogP contribution in [-0.2, 0) is 23.9 Å². The molecule has 0 unspecified atom stereocenters. The van der Waals surface area contributed by atoms with Crippen molar-refractivity contribution in [3.05, 3.63) is 79.8 Å².